The molecular weight excluding hydrogens is 294 g/mol. The molecular formula is C14H18BrNO2. The third kappa shape index (κ3) is 3.12. The molecule has 1 fully saturated rings. The van der Waals surface area contributed by atoms with Gasteiger partial charge in [0, 0.05) is 16.6 Å². The van der Waals surface area contributed by atoms with Crippen LogP contribution in [0.25, 0.3) is 0 Å². The van der Waals surface area contributed by atoms with Crippen LogP contribution in [0.1, 0.15) is 35.7 Å². The summed E-state index contributed by atoms with van der Waals surface area (Å²) in [6, 6.07) is 5.65. The normalized spacial score (nSPS) is 23.7. The maximum atomic E-state index is 12.2. The van der Waals surface area contributed by atoms with Gasteiger partial charge in [0.1, 0.15) is 0 Å². The molecule has 1 saturated heterocycles. The van der Waals surface area contributed by atoms with Crippen molar-refractivity contribution in [3.8, 4) is 0 Å². The van der Waals surface area contributed by atoms with Gasteiger partial charge in [0.05, 0.1) is 12.1 Å². The Hall–Kier alpha value is -0.870. The van der Waals surface area contributed by atoms with Crippen molar-refractivity contribution in [3.05, 3.63) is 33.8 Å². The van der Waals surface area contributed by atoms with Crippen LogP contribution in [0.2, 0.25) is 0 Å². The number of aryl methyl sites for hydroxylation is 1. The minimum atomic E-state index is -0.243. The summed E-state index contributed by atoms with van der Waals surface area (Å²) in [6.07, 6.45) is 1.96. The van der Waals surface area contributed by atoms with Gasteiger partial charge in [-0.25, -0.2) is 0 Å². The summed E-state index contributed by atoms with van der Waals surface area (Å²) >= 11 is 3.45. The first-order chi connectivity index (χ1) is 8.50. The maximum absolute atomic E-state index is 12.2. The van der Waals surface area contributed by atoms with Crippen LogP contribution in [0.4, 0.5) is 0 Å². The van der Waals surface area contributed by atoms with Crippen molar-refractivity contribution < 1.29 is 9.53 Å². The molecule has 1 aromatic carbocycles. The minimum Gasteiger partial charge on any atom is -0.379 e. The van der Waals surface area contributed by atoms with Crippen LogP contribution < -0.4 is 5.32 Å². The smallest absolute Gasteiger partial charge is 0.251 e. The highest BCUT2D eigenvalue weighted by molar-refractivity contribution is 9.10. The summed E-state index contributed by atoms with van der Waals surface area (Å²) < 4.78 is 6.40. The highest BCUT2D eigenvalue weighted by atomic mass is 79.9. The van der Waals surface area contributed by atoms with E-state index in [4.69, 9.17) is 4.74 Å². The average molecular weight is 312 g/mol. The van der Waals surface area contributed by atoms with Gasteiger partial charge in [0.25, 0.3) is 5.91 Å². The first-order valence-corrected chi connectivity index (χ1v) is 6.96. The molecule has 1 N–H and O–H groups in total. The Morgan fingerprint density at radius 3 is 2.89 bits per heavy atom. The van der Waals surface area contributed by atoms with Gasteiger partial charge in [-0.2, -0.15) is 0 Å². The number of carbonyl (C=O) groups is 1. The number of ether oxygens (including phenoxy) is 1. The van der Waals surface area contributed by atoms with Gasteiger partial charge in [-0.3, -0.25) is 4.79 Å². The molecule has 1 aliphatic rings. The van der Waals surface area contributed by atoms with Crippen molar-refractivity contribution in [1.29, 1.82) is 0 Å². The average Bonchev–Trinajstić information content (AvgIpc) is 2.33. The predicted molar refractivity (Wildman–Crippen MR) is 74.8 cm³/mol. The number of hydrogen-bond acceptors (Lipinski definition) is 2. The lowest BCUT2D eigenvalue weighted by Crippen LogP contribution is -2.51. The third-order valence-corrected chi connectivity index (χ3v) is 4.14. The molecule has 98 valence electrons. The Labute approximate surface area is 116 Å². The predicted octanol–water partition coefficient (Wildman–Crippen LogP) is 3.06. The first-order valence-electron chi connectivity index (χ1n) is 6.17. The molecule has 0 bridgehead atoms. The quantitative estimate of drug-likeness (QED) is 0.911. The summed E-state index contributed by atoms with van der Waals surface area (Å²) in [7, 11) is 0. The zero-order valence-electron chi connectivity index (χ0n) is 10.8. The molecule has 2 rings (SSSR count). The van der Waals surface area contributed by atoms with E-state index in [0.29, 0.717) is 12.2 Å². The molecule has 0 spiro atoms. The lowest BCUT2D eigenvalue weighted by atomic mass is 9.94. The number of benzene rings is 1. The molecule has 1 amide bonds. The topological polar surface area (TPSA) is 38.3 Å². The molecule has 0 radical (unpaired) electrons. The molecule has 0 saturated carbocycles. The van der Waals surface area contributed by atoms with Crippen molar-refractivity contribution >= 4 is 21.8 Å². The molecule has 0 aliphatic carbocycles. The second-order valence-electron chi connectivity index (χ2n) is 5.13. The second-order valence-corrected chi connectivity index (χ2v) is 5.99. The summed E-state index contributed by atoms with van der Waals surface area (Å²) in [6.45, 7) is 5.42. The third-order valence-electron chi connectivity index (χ3n) is 3.29. The Morgan fingerprint density at radius 2 is 2.28 bits per heavy atom. The fourth-order valence-corrected chi connectivity index (χ4v) is 2.49. The van der Waals surface area contributed by atoms with Gasteiger partial charge in [0.15, 0.2) is 0 Å². The first kappa shape index (κ1) is 13.6. The van der Waals surface area contributed by atoms with Crippen molar-refractivity contribution in [1.82, 2.24) is 5.32 Å². The minimum absolute atomic E-state index is 0.0382. The number of amides is 1. The molecule has 18 heavy (non-hydrogen) atoms. The van der Waals surface area contributed by atoms with Crippen LogP contribution in [0.5, 0.6) is 0 Å². The molecule has 1 atom stereocenters. The summed E-state index contributed by atoms with van der Waals surface area (Å²) in [5, 5.41) is 3.07. The molecule has 0 aromatic heterocycles. The number of halogens is 1. The monoisotopic (exact) mass is 311 g/mol. The lowest BCUT2D eigenvalue weighted by Gasteiger charge is -2.34. The van der Waals surface area contributed by atoms with E-state index in [1.54, 1.807) is 0 Å². The van der Waals surface area contributed by atoms with Crippen LogP contribution >= 0.6 is 15.9 Å². The standard InChI is InChI=1S/C14H18BrNO2/c1-10-4-5-11(8-12(10)15)13(17)16-14(2)6-3-7-18-9-14/h4-5,8H,3,6-7,9H2,1-2H3,(H,16,17). The number of rotatable bonds is 2. The van der Waals surface area contributed by atoms with Gasteiger partial charge in [0.2, 0.25) is 0 Å². The summed E-state index contributed by atoms with van der Waals surface area (Å²) in [4.78, 5) is 12.2. The Kier molecular flexibility index (Phi) is 4.07. The van der Waals surface area contributed by atoms with Crippen molar-refractivity contribution in [2.24, 2.45) is 0 Å². The lowest BCUT2D eigenvalue weighted by molar-refractivity contribution is 0.0272. The molecule has 1 aromatic rings. The molecule has 1 aliphatic heterocycles. The highest BCUT2D eigenvalue weighted by Gasteiger charge is 2.29. The second kappa shape index (κ2) is 5.41. The number of nitrogens with one attached hydrogen (secondary N) is 1. The van der Waals surface area contributed by atoms with Crippen LogP contribution in [-0.2, 0) is 4.74 Å². The highest BCUT2D eigenvalue weighted by Crippen LogP contribution is 2.21. The Morgan fingerprint density at radius 1 is 1.50 bits per heavy atom. The Bertz CT molecular complexity index is 453. The zero-order valence-corrected chi connectivity index (χ0v) is 12.3. The van der Waals surface area contributed by atoms with Crippen molar-refractivity contribution in [2.45, 2.75) is 32.2 Å². The van der Waals surface area contributed by atoms with Crippen LogP contribution in [0.3, 0.4) is 0 Å². The van der Waals surface area contributed by atoms with Gasteiger partial charge < -0.3 is 10.1 Å². The van der Waals surface area contributed by atoms with E-state index in [2.05, 4.69) is 21.2 Å². The van der Waals surface area contributed by atoms with Gasteiger partial charge in [-0.05, 0) is 44.4 Å². The van der Waals surface area contributed by atoms with E-state index >= 15 is 0 Å². The zero-order chi connectivity index (χ0) is 13.2. The number of carbonyl (C=O) groups excluding carboxylic acids is 1. The molecule has 3 nitrogen and oxygen atoms in total. The fraction of sp³-hybridized carbons (Fsp3) is 0.500. The van der Waals surface area contributed by atoms with Crippen LogP contribution in [0.15, 0.2) is 22.7 Å². The van der Waals surface area contributed by atoms with E-state index < -0.39 is 0 Å². The van der Waals surface area contributed by atoms with Crippen molar-refractivity contribution in [2.75, 3.05) is 13.2 Å². The SMILES string of the molecule is Cc1ccc(C(=O)NC2(C)CCCOC2)cc1Br. The van der Waals surface area contributed by atoms with E-state index in [9.17, 15) is 4.79 Å². The molecule has 4 heteroatoms. The van der Waals surface area contributed by atoms with Crippen LogP contribution in [-0.4, -0.2) is 24.7 Å². The largest absolute Gasteiger partial charge is 0.379 e. The van der Waals surface area contributed by atoms with Crippen LogP contribution in [0, 0.1) is 6.92 Å². The summed E-state index contributed by atoms with van der Waals surface area (Å²) in [5.74, 6) is -0.0382. The van der Waals surface area contributed by atoms with E-state index in [1.165, 1.54) is 0 Å². The van der Waals surface area contributed by atoms with Crippen molar-refractivity contribution in [3.63, 3.8) is 0 Å². The van der Waals surface area contributed by atoms with E-state index in [1.807, 2.05) is 32.0 Å². The maximum Gasteiger partial charge on any atom is 0.251 e. The van der Waals surface area contributed by atoms with Gasteiger partial charge >= 0.3 is 0 Å². The molecule has 1 heterocycles. The van der Waals surface area contributed by atoms with E-state index in [-0.39, 0.29) is 11.4 Å². The molecule has 1 unspecified atom stereocenters. The number of hydrogen-bond donors (Lipinski definition) is 1. The Balaban J connectivity index is 2.09. The van der Waals surface area contributed by atoms with Gasteiger partial charge in [-0.1, -0.05) is 22.0 Å². The van der Waals surface area contributed by atoms with Gasteiger partial charge in [-0.15, -0.1) is 0 Å². The van der Waals surface area contributed by atoms with E-state index in [0.717, 1.165) is 29.5 Å². The fourth-order valence-electron chi connectivity index (χ4n) is 2.11. The summed E-state index contributed by atoms with van der Waals surface area (Å²) in [5.41, 5.74) is 1.56.